The van der Waals surface area contributed by atoms with Gasteiger partial charge in [0, 0.05) is 0 Å². The summed E-state index contributed by atoms with van der Waals surface area (Å²) < 4.78 is 0. The first-order valence-electron chi connectivity index (χ1n) is 3.60. The zero-order valence-electron chi connectivity index (χ0n) is 6.55. The Morgan fingerprint density at radius 2 is 1.91 bits per heavy atom. The highest BCUT2D eigenvalue weighted by Crippen LogP contribution is 2.19. The van der Waals surface area contributed by atoms with E-state index in [0.717, 1.165) is 11.1 Å². The second-order valence-electron chi connectivity index (χ2n) is 2.51. The lowest BCUT2D eigenvalue weighted by Gasteiger charge is -2.06. The van der Waals surface area contributed by atoms with Gasteiger partial charge in [-0.3, -0.25) is 0 Å². The SMILES string of the molecule is C=C(c1ccccc1)C(C)Cl. The first kappa shape index (κ1) is 8.35. The van der Waals surface area contributed by atoms with Crippen molar-refractivity contribution in [1.82, 2.24) is 0 Å². The molecule has 0 heterocycles. The van der Waals surface area contributed by atoms with Crippen molar-refractivity contribution in [1.29, 1.82) is 0 Å². The second-order valence-corrected chi connectivity index (χ2v) is 3.16. The van der Waals surface area contributed by atoms with Crippen LogP contribution in [0.5, 0.6) is 0 Å². The minimum Gasteiger partial charge on any atom is -0.118 e. The smallest absolute Gasteiger partial charge is 0.0557 e. The highest BCUT2D eigenvalue weighted by Gasteiger charge is 2.02. The Bertz CT molecular complexity index is 236. The summed E-state index contributed by atoms with van der Waals surface area (Å²) in [5.74, 6) is 0. The van der Waals surface area contributed by atoms with Gasteiger partial charge in [0.15, 0.2) is 0 Å². The van der Waals surface area contributed by atoms with Gasteiger partial charge in [0.1, 0.15) is 0 Å². The van der Waals surface area contributed by atoms with E-state index in [4.69, 9.17) is 11.6 Å². The fourth-order valence-electron chi connectivity index (χ4n) is 0.882. The molecule has 0 radical (unpaired) electrons. The standard InChI is InChI=1S/C10H11Cl/c1-8(9(2)11)10-6-4-3-5-7-10/h3-7,9H,1H2,2H3. The van der Waals surface area contributed by atoms with Crippen LogP contribution < -0.4 is 0 Å². The Kier molecular flexibility index (Phi) is 2.72. The zero-order chi connectivity index (χ0) is 8.27. The van der Waals surface area contributed by atoms with Gasteiger partial charge in [0.05, 0.1) is 5.38 Å². The molecule has 1 aromatic rings. The molecule has 1 atom stereocenters. The molecule has 58 valence electrons. The van der Waals surface area contributed by atoms with E-state index >= 15 is 0 Å². The number of hydrogen-bond donors (Lipinski definition) is 0. The third-order valence-electron chi connectivity index (χ3n) is 1.62. The molecule has 0 aliphatic carbocycles. The first-order valence-corrected chi connectivity index (χ1v) is 4.03. The van der Waals surface area contributed by atoms with Gasteiger partial charge in [0.25, 0.3) is 0 Å². The quantitative estimate of drug-likeness (QED) is 0.592. The molecule has 1 unspecified atom stereocenters. The summed E-state index contributed by atoms with van der Waals surface area (Å²) in [6.07, 6.45) is 0. The van der Waals surface area contributed by atoms with Gasteiger partial charge in [0.2, 0.25) is 0 Å². The molecule has 1 rings (SSSR count). The van der Waals surface area contributed by atoms with Crippen LogP contribution in [0.15, 0.2) is 36.9 Å². The topological polar surface area (TPSA) is 0 Å². The molecule has 1 heteroatoms. The van der Waals surface area contributed by atoms with E-state index in [1.54, 1.807) is 0 Å². The molecule has 0 N–H and O–H groups in total. The molecule has 0 spiro atoms. The molecule has 0 bridgehead atoms. The number of allylic oxidation sites excluding steroid dienone is 1. The highest BCUT2D eigenvalue weighted by atomic mass is 35.5. The molecule has 0 saturated carbocycles. The summed E-state index contributed by atoms with van der Waals surface area (Å²) >= 11 is 5.86. The molecule has 11 heavy (non-hydrogen) atoms. The second kappa shape index (κ2) is 3.59. The number of hydrogen-bond acceptors (Lipinski definition) is 0. The summed E-state index contributed by atoms with van der Waals surface area (Å²) in [5.41, 5.74) is 2.10. The van der Waals surface area contributed by atoms with Crippen LogP contribution >= 0.6 is 11.6 Å². The lowest BCUT2D eigenvalue weighted by molar-refractivity contribution is 1.25. The van der Waals surface area contributed by atoms with Crippen LogP contribution in [0.2, 0.25) is 0 Å². The molecular weight excluding hydrogens is 156 g/mol. The third-order valence-corrected chi connectivity index (χ3v) is 1.89. The number of halogens is 1. The van der Waals surface area contributed by atoms with Crippen LogP contribution in [0.25, 0.3) is 5.57 Å². The van der Waals surface area contributed by atoms with E-state index in [1.807, 2.05) is 37.3 Å². The fraction of sp³-hybridized carbons (Fsp3) is 0.200. The molecule has 0 aromatic heterocycles. The summed E-state index contributed by atoms with van der Waals surface area (Å²) in [4.78, 5) is 0. The van der Waals surface area contributed by atoms with Gasteiger partial charge < -0.3 is 0 Å². The molecule has 0 aliphatic rings. The van der Waals surface area contributed by atoms with E-state index in [1.165, 1.54) is 0 Å². The number of rotatable bonds is 2. The van der Waals surface area contributed by atoms with Gasteiger partial charge in [-0.25, -0.2) is 0 Å². The molecule has 0 saturated heterocycles. The van der Waals surface area contributed by atoms with Crippen LogP contribution in [0.4, 0.5) is 0 Å². The lowest BCUT2D eigenvalue weighted by Crippen LogP contribution is -1.93. The van der Waals surface area contributed by atoms with Crippen molar-refractivity contribution < 1.29 is 0 Å². The fourth-order valence-corrected chi connectivity index (χ4v) is 1.01. The molecule has 0 amide bonds. The van der Waals surface area contributed by atoms with Gasteiger partial charge in [-0.1, -0.05) is 36.9 Å². The van der Waals surface area contributed by atoms with Crippen molar-refractivity contribution in [2.45, 2.75) is 12.3 Å². The maximum atomic E-state index is 5.86. The summed E-state index contributed by atoms with van der Waals surface area (Å²) in [7, 11) is 0. The van der Waals surface area contributed by atoms with Gasteiger partial charge in [-0.2, -0.15) is 0 Å². The Hall–Kier alpha value is -0.750. The predicted molar refractivity (Wildman–Crippen MR) is 50.8 cm³/mol. The maximum absolute atomic E-state index is 5.86. The summed E-state index contributed by atoms with van der Waals surface area (Å²) in [6.45, 7) is 5.82. The van der Waals surface area contributed by atoms with Crippen LogP contribution in [0, 0.1) is 0 Å². The third kappa shape index (κ3) is 2.09. The van der Waals surface area contributed by atoms with Crippen molar-refractivity contribution in [3.8, 4) is 0 Å². The van der Waals surface area contributed by atoms with Crippen molar-refractivity contribution in [2.75, 3.05) is 0 Å². The minimum atomic E-state index is 0.0115. The van der Waals surface area contributed by atoms with Crippen molar-refractivity contribution in [2.24, 2.45) is 0 Å². The van der Waals surface area contributed by atoms with Crippen molar-refractivity contribution in [3.05, 3.63) is 42.5 Å². The predicted octanol–water partition coefficient (Wildman–Crippen LogP) is 3.33. The van der Waals surface area contributed by atoms with Crippen molar-refractivity contribution in [3.63, 3.8) is 0 Å². The Morgan fingerprint density at radius 3 is 2.36 bits per heavy atom. The van der Waals surface area contributed by atoms with Gasteiger partial charge in [-0.05, 0) is 18.1 Å². The van der Waals surface area contributed by atoms with Crippen molar-refractivity contribution >= 4 is 17.2 Å². The Morgan fingerprint density at radius 1 is 1.36 bits per heavy atom. The molecule has 0 fully saturated rings. The number of benzene rings is 1. The van der Waals surface area contributed by atoms with Gasteiger partial charge >= 0.3 is 0 Å². The van der Waals surface area contributed by atoms with E-state index in [2.05, 4.69) is 6.58 Å². The summed E-state index contributed by atoms with van der Waals surface area (Å²) in [6, 6.07) is 9.98. The molecule has 0 aliphatic heterocycles. The first-order chi connectivity index (χ1) is 5.22. The van der Waals surface area contributed by atoms with Crippen LogP contribution in [-0.2, 0) is 0 Å². The lowest BCUT2D eigenvalue weighted by atomic mass is 10.1. The van der Waals surface area contributed by atoms with E-state index in [0.29, 0.717) is 0 Å². The average molecular weight is 167 g/mol. The molecule has 1 aromatic carbocycles. The zero-order valence-corrected chi connectivity index (χ0v) is 7.31. The van der Waals surface area contributed by atoms with E-state index < -0.39 is 0 Å². The molecule has 0 nitrogen and oxygen atoms in total. The van der Waals surface area contributed by atoms with Gasteiger partial charge in [-0.15, -0.1) is 11.6 Å². The van der Waals surface area contributed by atoms with Crippen LogP contribution in [-0.4, -0.2) is 5.38 Å². The Labute approximate surface area is 72.5 Å². The van der Waals surface area contributed by atoms with Crippen LogP contribution in [0.1, 0.15) is 12.5 Å². The highest BCUT2D eigenvalue weighted by molar-refractivity contribution is 6.25. The largest absolute Gasteiger partial charge is 0.118 e. The minimum absolute atomic E-state index is 0.0115. The Balaban J connectivity index is 2.86. The van der Waals surface area contributed by atoms with E-state index in [-0.39, 0.29) is 5.38 Å². The number of alkyl halides is 1. The normalized spacial score (nSPS) is 12.5. The average Bonchev–Trinajstić information content (AvgIpc) is 2.05. The van der Waals surface area contributed by atoms with Crippen LogP contribution in [0.3, 0.4) is 0 Å². The maximum Gasteiger partial charge on any atom is 0.0557 e. The van der Waals surface area contributed by atoms with E-state index in [9.17, 15) is 0 Å². The monoisotopic (exact) mass is 166 g/mol. The summed E-state index contributed by atoms with van der Waals surface area (Å²) in [5, 5.41) is 0.0115. The molecular formula is C10H11Cl.